The molecule has 0 saturated heterocycles. The Labute approximate surface area is 162 Å². The van der Waals surface area contributed by atoms with Crippen molar-refractivity contribution >= 4 is 0 Å². The summed E-state index contributed by atoms with van der Waals surface area (Å²) in [6, 6.07) is 13.0. The third-order valence-electron chi connectivity index (χ3n) is 4.25. The summed E-state index contributed by atoms with van der Waals surface area (Å²) in [5.74, 6) is -0.145. The molecule has 0 aliphatic carbocycles. The molecule has 0 spiro atoms. The van der Waals surface area contributed by atoms with Gasteiger partial charge in [-0.05, 0) is 42.5 Å². The van der Waals surface area contributed by atoms with E-state index in [2.05, 4.69) is 10.3 Å². The molecular weight excluding hydrogens is 390 g/mol. The number of hydrogen-bond donors (Lipinski definition) is 0. The van der Waals surface area contributed by atoms with Crippen molar-refractivity contribution in [1.82, 2.24) is 14.9 Å². The van der Waals surface area contributed by atoms with Gasteiger partial charge in [-0.3, -0.25) is 0 Å². The SMILES string of the molecule is COc1ccc(-c2cc(-c3cnn(-c4cccc(F)c4)c3C(F)(F)F)on2)cc1. The Morgan fingerprint density at radius 1 is 1.03 bits per heavy atom. The van der Waals surface area contributed by atoms with E-state index in [1.807, 2.05) is 0 Å². The molecular formula is C20H13F4N3O2. The van der Waals surface area contributed by atoms with Crippen molar-refractivity contribution in [2.45, 2.75) is 6.18 Å². The van der Waals surface area contributed by atoms with Crippen LogP contribution in [0.4, 0.5) is 17.6 Å². The van der Waals surface area contributed by atoms with Gasteiger partial charge in [0.1, 0.15) is 17.3 Å². The molecule has 0 saturated carbocycles. The fourth-order valence-corrected chi connectivity index (χ4v) is 2.91. The van der Waals surface area contributed by atoms with Gasteiger partial charge in [-0.1, -0.05) is 11.2 Å². The number of rotatable bonds is 4. The largest absolute Gasteiger partial charge is 0.497 e. The molecule has 4 aromatic rings. The molecule has 0 bridgehead atoms. The maximum atomic E-state index is 13.8. The van der Waals surface area contributed by atoms with Gasteiger partial charge >= 0.3 is 6.18 Å². The average molecular weight is 403 g/mol. The standard InChI is InChI=1S/C20H13F4N3O2/c1-28-15-7-5-12(6-8-15)17-10-18(29-26-17)16-11-25-27(19(16)20(22,23)24)14-4-2-3-13(21)9-14/h2-11H,1H3. The minimum absolute atomic E-state index is 0.0570. The molecule has 0 atom stereocenters. The Bertz CT molecular complexity index is 1150. The molecule has 0 fully saturated rings. The number of alkyl halides is 3. The molecule has 0 amide bonds. The summed E-state index contributed by atoms with van der Waals surface area (Å²) < 4.78 is 65.8. The van der Waals surface area contributed by atoms with Gasteiger partial charge in [0.05, 0.1) is 24.6 Å². The molecule has 0 N–H and O–H groups in total. The van der Waals surface area contributed by atoms with Crippen LogP contribution in [0.5, 0.6) is 5.75 Å². The van der Waals surface area contributed by atoms with Crippen LogP contribution in [0.25, 0.3) is 28.3 Å². The van der Waals surface area contributed by atoms with Crippen molar-refractivity contribution in [2.75, 3.05) is 7.11 Å². The zero-order chi connectivity index (χ0) is 20.6. The molecule has 2 heterocycles. The summed E-state index contributed by atoms with van der Waals surface area (Å²) in [7, 11) is 1.53. The van der Waals surface area contributed by atoms with E-state index >= 15 is 0 Å². The molecule has 0 aliphatic heterocycles. The summed E-state index contributed by atoms with van der Waals surface area (Å²) in [6.45, 7) is 0. The zero-order valence-corrected chi connectivity index (χ0v) is 14.9. The normalized spacial score (nSPS) is 11.6. The summed E-state index contributed by atoms with van der Waals surface area (Å²) >= 11 is 0. The smallest absolute Gasteiger partial charge is 0.434 e. The monoisotopic (exact) mass is 403 g/mol. The van der Waals surface area contributed by atoms with Gasteiger partial charge in [0, 0.05) is 11.6 Å². The Hall–Kier alpha value is -3.62. The van der Waals surface area contributed by atoms with Gasteiger partial charge in [0.2, 0.25) is 0 Å². The highest BCUT2D eigenvalue weighted by Crippen LogP contribution is 2.39. The van der Waals surface area contributed by atoms with Gasteiger partial charge in [-0.25, -0.2) is 9.07 Å². The van der Waals surface area contributed by atoms with Crippen molar-refractivity contribution in [2.24, 2.45) is 0 Å². The van der Waals surface area contributed by atoms with E-state index in [0.29, 0.717) is 21.7 Å². The minimum Gasteiger partial charge on any atom is -0.497 e. The quantitative estimate of drug-likeness (QED) is 0.431. The van der Waals surface area contributed by atoms with Crippen LogP contribution in [0, 0.1) is 5.82 Å². The lowest BCUT2D eigenvalue weighted by molar-refractivity contribution is -0.142. The first-order valence-corrected chi connectivity index (χ1v) is 8.39. The lowest BCUT2D eigenvalue weighted by atomic mass is 10.1. The minimum atomic E-state index is -4.76. The summed E-state index contributed by atoms with van der Waals surface area (Å²) in [4.78, 5) is 0. The fraction of sp³-hybridized carbons (Fsp3) is 0.100. The Kier molecular flexibility index (Phi) is 4.57. The van der Waals surface area contributed by atoms with Crippen LogP contribution >= 0.6 is 0 Å². The van der Waals surface area contributed by atoms with Crippen molar-refractivity contribution in [1.29, 1.82) is 0 Å². The van der Waals surface area contributed by atoms with Gasteiger partial charge in [-0.2, -0.15) is 18.3 Å². The van der Waals surface area contributed by atoms with Gasteiger partial charge in [0.15, 0.2) is 11.5 Å². The molecule has 4 rings (SSSR count). The first-order chi connectivity index (χ1) is 13.9. The lowest BCUT2D eigenvalue weighted by Crippen LogP contribution is -2.14. The molecule has 0 radical (unpaired) electrons. The maximum absolute atomic E-state index is 13.8. The summed E-state index contributed by atoms with van der Waals surface area (Å²) in [5.41, 5.74) is -0.436. The van der Waals surface area contributed by atoms with Crippen LogP contribution < -0.4 is 4.74 Å². The molecule has 9 heteroatoms. The van der Waals surface area contributed by atoms with Crippen molar-refractivity contribution in [3.05, 3.63) is 72.3 Å². The lowest BCUT2D eigenvalue weighted by Gasteiger charge is -2.11. The van der Waals surface area contributed by atoms with Gasteiger partial charge in [0.25, 0.3) is 0 Å². The number of benzene rings is 2. The Balaban J connectivity index is 1.78. The van der Waals surface area contributed by atoms with Gasteiger partial charge in [-0.15, -0.1) is 0 Å². The summed E-state index contributed by atoms with van der Waals surface area (Å²) in [5, 5.41) is 7.66. The van der Waals surface area contributed by atoms with Crippen LogP contribution in [0.15, 0.2) is 65.3 Å². The molecule has 0 unspecified atom stereocenters. The molecule has 5 nitrogen and oxygen atoms in total. The maximum Gasteiger partial charge on any atom is 0.434 e. The fourth-order valence-electron chi connectivity index (χ4n) is 2.91. The summed E-state index contributed by atoms with van der Waals surface area (Å²) in [6.07, 6.45) is -3.74. The first kappa shape index (κ1) is 18.7. The third kappa shape index (κ3) is 3.58. The molecule has 0 aliphatic rings. The predicted octanol–water partition coefficient (Wildman–Crippen LogP) is 5.36. The second-order valence-corrected chi connectivity index (χ2v) is 6.10. The van der Waals surface area contributed by atoms with Crippen molar-refractivity contribution in [3.63, 3.8) is 0 Å². The van der Waals surface area contributed by atoms with Gasteiger partial charge < -0.3 is 9.26 Å². The number of halogens is 4. The number of hydrogen-bond acceptors (Lipinski definition) is 4. The number of methoxy groups -OCH3 is 1. The Morgan fingerprint density at radius 3 is 2.45 bits per heavy atom. The van der Waals surface area contributed by atoms with E-state index in [0.717, 1.165) is 18.3 Å². The van der Waals surface area contributed by atoms with Crippen LogP contribution in [0.3, 0.4) is 0 Å². The highest BCUT2D eigenvalue weighted by Gasteiger charge is 2.40. The molecule has 2 aromatic heterocycles. The number of ether oxygens (including phenoxy) is 1. The Morgan fingerprint density at radius 2 is 1.79 bits per heavy atom. The van der Waals surface area contributed by atoms with Crippen LogP contribution in [0.1, 0.15) is 5.69 Å². The van der Waals surface area contributed by atoms with E-state index in [-0.39, 0.29) is 17.0 Å². The van der Waals surface area contributed by atoms with E-state index in [1.165, 1.54) is 25.3 Å². The predicted molar refractivity (Wildman–Crippen MR) is 96.0 cm³/mol. The van der Waals surface area contributed by atoms with E-state index in [1.54, 1.807) is 24.3 Å². The number of aromatic nitrogens is 3. The van der Waals surface area contributed by atoms with E-state index in [4.69, 9.17) is 9.26 Å². The second kappa shape index (κ2) is 7.08. The highest BCUT2D eigenvalue weighted by atomic mass is 19.4. The topological polar surface area (TPSA) is 53.1 Å². The van der Waals surface area contributed by atoms with Crippen molar-refractivity contribution < 1.29 is 26.8 Å². The highest BCUT2D eigenvalue weighted by molar-refractivity contribution is 5.69. The zero-order valence-electron chi connectivity index (χ0n) is 14.9. The molecule has 2 aromatic carbocycles. The number of nitrogens with zero attached hydrogens (tertiary/aromatic N) is 3. The first-order valence-electron chi connectivity index (χ1n) is 8.39. The van der Waals surface area contributed by atoms with Crippen molar-refractivity contribution in [3.8, 4) is 34.0 Å². The van der Waals surface area contributed by atoms with E-state index in [9.17, 15) is 17.6 Å². The molecule has 29 heavy (non-hydrogen) atoms. The average Bonchev–Trinajstić information content (AvgIpc) is 3.35. The van der Waals surface area contributed by atoms with E-state index < -0.39 is 17.7 Å². The van der Waals surface area contributed by atoms with Crippen LogP contribution in [-0.4, -0.2) is 22.0 Å². The molecule has 148 valence electrons. The third-order valence-corrected chi connectivity index (χ3v) is 4.25. The van der Waals surface area contributed by atoms with Crippen LogP contribution in [-0.2, 0) is 6.18 Å². The second-order valence-electron chi connectivity index (χ2n) is 6.10. The van der Waals surface area contributed by atoms with Crippen LogP contribution in [0.2, 0.25) is 0 Å².